The van der Waals surface area contributed by atoms with E-state index < -0.39 is 17.9 Å². The number of carboxylic acid groups (broad SMARTS) is 1. The van der Waals surface area contributed by atoms with Crippen LogP contribution in [-0.2, 0) is 4.79 Å². The van der Waals surface area contributed by atoms with Crippen molar-refractivity contribution in [3.05, 3.63) is 17.8 Å². The number of rotatable bonds is 5. The number of carbonyl (C=O) groups excluding carboxylic acids is 1. The van der Waals surface area contributed by atoms with Crippen LogP contribution in [0.3, 0.4) is 0 Å². The molecule has 1 aromatic heterocycles. The minimum Gasteiger partial charge on any atom is -0.481 e. The van der Waals surface area contributed by atoms with Crippen LogP contribution in [0.5, 0.6) is 0 Å². The second-order valence-corrected chi connectivity index (χ2v) is 5.80. The first kappa shape index (κ1) is 15.2. The van der Waals surface area contributed by atoms with Crippen LogP contribution in [0.2, 0.25) is 0 Å². The maximum absolute atomic E-state index is 12.0. The van der Waals surface area contributed by atoms with Crippen molar-refractivity contribution in [3.8, 4) is 0 Å². The average molecular weight is 268 g/mol. The van der Waals surface area contributed by atoms with E-state index in [-0.39, 0.29) is 17.6 Å². The second kappa shape index (κ2) is 5.86. The standard InChI is InChI=1S/C13H20N2O4/c1-8-11(19-7-14-8)12(18)15-9(5-10(16)17)6-13(2,3)4/h7,9H,5-6H2,1-4H3,(H,15,18)(H,16,17). The molecule has 0 fully saturated rings. The molecule has 6 nitrogen and oxygen atoms in total. The molecule has 0 saturated carbocycles. The quantitative estimate of drug-likeness (QED) is 0.852. The van der Waals surface area contributed by atoms with E-state index in [0.717, 1.165) is 0 Å². The Morgan fingerprint density at radius 1 is 1.47 bits per heavy atom. The summed E-state index contributed by atoms with van der Waals surface area (Å²) in [7, 11) is 0. The van der Waals surface area contributed by atoms with Crippen LogP contribution in [0, 0.1) is 12.3 Å². The van der Waals surface area contributed by atoms with Gasteiger partial charge < -0.3 is 14.8 Å². The largest absolute Gasteiger partial charge is 0.481 e. The molecule has 0 aliphatic carbocycles. The van der Waals surface area contributed by atoms with Gasteiger partial charge in [-0.1, -0.05) is 20.8 Å². The molecule has 2 N–H and O–H groups in total. The number of nitrogens with one attached hydrogen (secondary N) is 1. The van der Waals surface area contributed by atoms with Gasteiger partial charge in [0.25, 0.3) is 5.91 Å². The van der Waals surface area contributed by atoms with Crippen LogP contribution in [0.4, 0.5) is 0 Å². The van der Waals surface area contributed by atoms with Crippen LogP contribution < -0.4 is 5.32 Å². The van der Waals surface area contributed by atoms with Crippen molar-refractivity contribution in [2.75, 3.05) is 0 Å². The van der Waals surface area contributed by atoms with Crippen LogP contribution >= 0.6 is 0 Å². The lowest BCUT2D eigenvalue weighted by molar-refractivity contribution is -0.137. The summed E-state index contributed by atoms with van der Waals surface area (Å²) in [5.41, 5.74) is 0.409. The maximum Gasteiger partial charge on any atom is 0.305 e. The van der Waals surface area contributed by atoms with Crippen molar-refractivity contribution in [3.63, 3.8) is 0 Å². The number of hydrogen-bond donors (Lipinski definition) is 2. The molecule has 1 heterocycles. The molecule has 106 valence electrons. The summed E-state index contributed by atoms with van der Waals surface area (Å²) >= 11 is 0. The lowest BCUT2D eigenvalue weighted by Crippen LogP contribution is -2.39. The predicted octanol–water partition coefficient (Wildman–Crippen LogP) is 1.99. The third-order valence-corrected chi connectivity index (χ3v) is 2.57. The second-order valence-electron chi connectivity index (χ2n) is 5.80. The summed E-state index contributed by atoms with van der Waals surface area (Å²) in [6.07, 6.45) is 1.65. The normalized spacial score (nSPS) is 13.1. The van der Waals surface area contributed by atoms with Gasteiger partial charge in [0, 0.05) is 6.04 Å². The Balaban J connectivity index is 2.74. The summed E-state index contributed by atoms with van der Waals surface area (Å²) in [5, 5.41) is 11.6. The first-order valence-corrected chi connectivity index (χ1v) is 6.12. The van der Waals surface area contributed by atoms with Crippen molar-refractivity contribution >= 4 is 11.9 Å². The first-order valence-electron chi connectivity index (χ1n) is 6.12. The molecule has 19 heavy (non-hydrogen) atoms. The van der Waals surface area contributed by atoms with Crippen LogP contribution in [0.25, 0.3) is 0 Å². The number of carbonyl (C=O) groups is 2. The summed E-state index contributed by atoms with van der Waals surface area (Å²) < 4.78 is 4.99. The number of oxazole rings is 1. The average Bonchev–Trinajstić information content (AvgIpc) is 2.60. The SMILES string of the molecule is Cc1ncoc1C(=O)NC(CC(=O)O)CC(C)(C)C. The van der Waals surface area contributed by atoms with Gasteiger partial charge in [0.05, 0.1) is 12.1 Å². The summed E-state index contributed by atoms with van der Waals surface area (Å²) in [4.78, 5) is 26.6. The molecule has 1 amide bonds. The van der Waals surface area contributed by atoms with E-state index in [4.69, 9.17) is 9.52 Å². The zero-order valence-corrected chi connectivity index (χ0v) is 11.7. The number of amides is 1. The first-order chi connectivity index (χ1) is 8.69. The highest BCUT2D eigenvalue weighted by molar-refractivity contribution is 5.92. The molecule has 0 radical (unpaired) electrons. The number of nitrogens with zero attached hydrogens (tertiary/aromatic N) is 1. The molecular weight excluding hydrogens is 248 g/mol. The molecule has 1 unspecified atom stereocenters. The lowest BCUT2D eigenvalue weighted by atomic mass is 9.87. The fraction of sp³-hybridized carbons (Fsp3) is 0.615. The molecular formula is C13H20N2O4. The van der Waals surface area contributed by atoms with E-state index in [9.17, 15) is 9.59 Å². The Labute approximate surface area is 112 Å². The fourth-order valence-electron chi connectivity index (χ4n) is 1.89. The summed E-state index contributed by atoms with van der Waals surface area (Å²) in [6.45, 7) is 7.64. The molecule has 1 aromatic rings. The Bertz CT molecular complexity index is 459. The maximum atomic E-state index is 12.0. The Morgan fingerprint density at radius 3 is 2.53 bits per heavy atom. The number of aryl methyl sites for hydroxylation is 1. The molecule has 0 spiro atoms. The zero-order chi connectivity index (χ0) is 14.6. The van der Waals surface area contributed by atoms with E-state index in [1.165, 1.54) is 6.39 Å². The number of carboxylic acids is 1. The van der Waals surface area contributed by atoms with Crippen molar-refractivity contribution < 1.29 is 19.1 Å². The fourth-order valence-corrected chi connectivity index (χ4v) is 1.89. The van der Waals surface area contributed by atoms with E-state index >= 15 is 0 Å². The van der Waals surface area contributed by atoms with Gasteiger partial charge in [-0.15, -0.1) is 0 Å². The molecule has 0 bridgehead atoms. The molecule has 0 aromatic carbocycles. The molecule has 1 atom stereocenters. The Morgan fingerprint density at radius 2 is 2.11 bits per heavy atom. The smallest absolute Gasteiger partial charge is 0.305 e. The van der Waals surface area contributed by atoms with E-state index in [0.29, 0.717) is 12.1 Å². The predicted molar refractivity (Wildman–Crippen MR) is 68.8 cm³/mol. The van der Waals surface area contributed by atoms with Crippen molar-refractivity contribution in [2.24, 2.45) is 5.41 Å². The van der Waals surface area contributed by atoms with Crippen molar-refractivity contribution in [1.29, 1.82) is 0 Å². The summed E-state index contributed by atoms with van der Waals surface area (Å²) in [6, 6.07) is -0.436. The topological polar surface area (TPSA) is 92.4 Å². The summed E-state index contributed by atoms with van der Waals surface area (Å²) in [5.74, 6) is -1.24. The molecule has 1 rings (SSSR count). The van der Waals surface area contributed by atoms with Gasteiger partial charge >= 0.3 is 5.97 Å². The lowest BCUT2D eigenvalue weighted by Gasteiger charge is -2.25. The van der Waals surface area contributed by atoms with Gasteiger partial charge in [-0.25, -0.2) is 4.98 Å². The van der Waals surface area contributed by atoms with Gasteiger partial charge in [0.15, 0.2) is 6.39 Å². The number of aliphatic carboxylic acids is 1. The minimum atomic E-state index is -0.941. The minimum absolute atomic E-state index is 0.0795. The highest BCUT2D eigenvalue weighted by Crippen LogP contribution is 2.22. The van der Waals surface area contributed by atoms with Crippen molar-refractivity contribution in [1.82, 2.24) is 10.3 Å². The molecule has 0 aliphatic heterocycles. The van der Waals surface area contributed by atoms with Gasteiger partial charge in [-0.3, -0.25) is 9.59 Å². The van der Waals surface area contributed by atoms with Gasteiger partial charge in [-0.05, 0) is 18.8 Å². The number of hydrogen-bond acceptors (Lipinski definition) is 4. The molecule has 0 saturated heterocycles. The van der Waals surface area contributed by atoms with Gasteiger partial charge in [0.1, 0.15) is 0 Å². The monoisotopic (exact) mass is 268 g/mol. The van der Waals surface area contributed by atoms with E-state index in [2.05, 4.69) is 10.3 Å². The molecule has 0 aliphatic rings. The van der Waals surface area contributed by atoms with Gasteiger partial charge in [0.2, 0.25) is 5.76 Å². The highest BCUT2D eigenvalue weighted by Gasteiger charge is 2.24. The van der Waals surface area contributed by atoms with Crippen molar-refractivity contribution in [2.45, 2.75) is 46.6 Å². The van der Waals surface area contributed by atoms with Gasteiger partial charge in [-0.2, -0.15) is 0 Å². The van der Waals surface area contributed by atoms with E-state index in [1.54, 1.807) is 6.92 Å². The number of aromatic nitrogens is 1. The van der Waals surface area contributed by atoms with E-state index in [1.807, 2.05) is 20.8 Å². The Kier molecular flexibility index (Phi) is 4.69. The molecule has 6 heteroatoms. The third kappa shape index (κ3) is 5.11. The highest BCUT2D eigenvalue weighted by atomic mass is 16.4. The third-order valence-electron chi connectivity index (χ3n) is 2.57. The van der Waals surface area contributed by atoms with Crippen LogP contribution in [0.1, 0.15) is 49.9 Å². The zero-order valence-electron chi connectivity index (χ0n) is 11.7. The van der Waals surface area contributed by atoms with Crippen LogP contribution in [-0.4, -0.2) is 28.0 Å². The Hall–Kier alpha value is -1.85. The van der Waals surface area contributed by atoms with Crippen LogP contribution in [0.15, 0.2) is 10.8 Å².